The molecule has 0 aliphatic rings. The van der Waals surface area contributed by atoms with Crippen molar-refractivity contribution in [1.82, 2.24) is 18.7 Å². The third kappa shape index (κ3) is 5.08. The molecule has 6 nitrogen and oxygen atoms in total. The first kappa shape index (κ1) is 25.7. The molecule has 0 N–H and O–H groups in total. The summed E-state index contributed by atoms with van der Waals surface area (Å²) in [7, 11) is 0. The minimum Gasteiger partial charge on any atom is -0.325 e. The van der Waals surface area contributed by atoms with E-state index >= 15 is 0 Å². The van der Waals surface area contributed by atoms with Crippen LogP contribution in [-0.4, -0.2) is 18.7 Å². The van der Waals surface area contributed by atoms with E-state index in [0.29, 0.717) is 30.2 Å². The Hall–Kier alpha value is -3.41. The van der Waals surface area contributed by atoms with E-state index < -0.39 is 0 Å². The highest BCUT2D eigenvalue weighted by Crippen LogP contribution is 2.27. The van der Waals surface area contributed by atoms with Gasteiger partial charge in [0.05, 0.1) is 19.4 Å². The monoisotopic (exact) mass is 486 g/mol. The number of hydrogen-bond donors (Lipinski definition) is 0. The normalized spacial score (nSPS) is 12.1. The van der Waals surface area contributed by atoms with Crippen molar-refractivity contribution in [1.29, 1.82) is 0 Å². The molecule has 2 aromatic heterocycles. The molecule has 0 atom stereocenters. The van der Waals surface area contributed by atoms with Crippen LogP contribution in [0.25, 0.3) is 11.2 Å². The molecule has 4 aromatic rings. The minimum atomic E-state index is -0.329. The molecule has 0 aliphatic carbocycles. The molecule has 190 valence electrons. The summed E-state index contributed by atoms with van der Waals surface area (Å²) in [4.78, 5) is 32.2. The van der Waals surface area contributed by atoms with E-state index in [4.69, 9.17) is 0 Å². The van der Waals surface area contributed by atoms with Crippen LogP contribution in [0.4, 0.5) is 0 Å². The maximum absolute atomic E-state index is 13.8. The van der Waals surface area contributed by atoms with Crippen LogP contribution in [0.15, 0.2) is 58.4 Å². The Morgan fingerprint density at radius 2 is 1.56 bits per heavy atom. The molecule has 0 radical (unpaired) electrons. The van der Waals surface area contributed by atoms with Gasteiger partial charge in [-0.2, -0.15) is 0 Å². The lowest BCUT2D eigenvalue weighted by Gasteiger charge is -2.23. The van der Waals surface area contributed by atoms with Gasteiger partial charge in [0.1, 0.15) is 0 Å². The summed E-state index contributed by atoms with van der Waals surface area (Å²) in [6, 6.07) is 14.2. The fourth-order valence-corrected chi connectivity index (χ4v) is 4.69. The lowest BCUT2D eigenvalue weighted by molar-refractivity contribution is 0.520. The van der Waals surface area contributed by atoms with Crippen molar-refractivity contribution in [2.45, 2.75) is 79.9 Å². The molecule has 0 aliphatic heterocycles. The summed E-state index contributed by atoms with van der Waals surface area (Å²) in [5.41, 5.74) is 5.79. The number of hydrogen-bond acceptors (Lipinski definition) is 3. The summed E-state index contributed by atoms with van der Waals surface area (Å²) < 4.78 is 4.95. The van der Waals surface area contributed by atoms with E-state index in [-0.39, 0.29) is 23.2 Å². The third-order valence-corrected chi connectivity index (χ3v) is 6.99. The zero-order valence-electron chi connectivity index (χ0n) is 22.6. The van der Waals surface area contributed by atoms with Gasteiger partial charge in [0, 0.05) is 6.54 Å². The minimum absolute atomic E-state index is 0.0229. The molecule has 0 fully saturated rings. The smallest absolute Gasteiger partial charge is 0.325 e. The Balaban J connectivity index is 1.90. The van der Waals surface area contributed by atoms with Gasteiger partial charge < -0.3 is 4.57 Å². The first-order valence-corrected chi connectivity index (χ1v) is 12.8. The predicted octanol–water partition coefficient (Wildman–Crippen LogP) is 5.42. The van der Waals surface area contributed by atoms with Gasteiger partial charge in [0.2, 0.25) is 0 Å². The van der Waals surface area contributed by atoms with Crippen LogP contribution in [0.5, 0.6) is 0 Å². The SMILES string of the molecule is Cc1cc(C(C)(C)C)cc(C)c1Cn1c(=O)c2c(ncn2CCC(C)C)n(Cc2ccccc2)c1=O. The van der Waals surface area contributed by atoms with Crippen molar-refractivity contribution >= 4 is 11.2 Å². The van der Waals surface area contributed by atoms with E-state index in [0.717, 1.165) is 28.7 Å². The van der Waals surface area contributed by atoms with Crippen LogP contribution < -0.4 is 11.2 Å². The Bertz CT molecular complexity index is 1480. The van der Waals surface area contributed by atoms with E-state index in [1.54, 1.807) is 10.9 Å². The summed E-state index contributed by atoms with van der Waals surface area (Å²) >= 11 is 0. The molecule has 4 rings (SSSR count). The second kappa shape index (κ2) is 9.92. The van der Waals surface area contributed by atoms with E-state index in [1.807, 2.05) is 34.9 Å². The standard InChI is InChI=1S/C30H38N4O2/c1-20(2)13-14-32-19-31-27-26(32)28(35)34(29(36)33(27)17-23-11-9-8-10-12-23)18-25-21(3)15-24(16-22(25)4)30(5,6)7/h8-12,15-16,19-20H,13-14,17-18H2,1-7H3. The lowest BCUT2D eigenvalue weighted by Crippen LogP contribution is -2.41. The second-order valence-corrected chi connectivity index (χ2v) is 11.4. The quantitative estimate of drug-likeness (QED) is 0.351. The van der Waals surface area contributed by atoms with Gasteiger partial charge in [0.25, 0.3) is 5.56 Å². The predicted molar refractivity (Wildman–Crippen MR) is 147 cm³/mol. The molecular formula is C30H38N4O2. The maximum atomic E-state index is 13.8. The van der Waals surface area contributed by atoms with Crippen LogP contribution in [0.2, 0.25) is 0 Å². The molecule has 0 amide bonds. The van der Waals surface area contributed by atoms with Crippen LogP contribution in [0.3, 0.4) is 0 Å². The first-order valence-electron chi connectivity index (χ1n) is 12.8. The highest BCUT2D eigenvalue weighted by molar-refractivity contribution is 5.70. The van der Waals surface area contributed by atoms with Gasteiger partial charge in [-0.1, -0.05) is 77.1 Å². The molecule has 2 aromatic carbocycles. The van der Waals surface area contributed by atoms with Crippen molar-refractivity contribution in [3.05, 3.63) is 97.4 Å². The fourth-order valence-electron chi connectivity index (χ4n) is 4.69. The molecule has 0 saturated carbocycles. The largest absolute Gasteiger partial charge is 0.333 e. The van der Waals surface area contributed by atoms with Crippen LogP contribution >= 0.6 is 0 Å². The van der Waals surface area contributed by atoms with Crippen molar-refractivity contribution in [3.63, 3.8) is 0 Å². The average Bonchev–Trinajstić information content (AvgIpc) is 3.23. The summed E-state index contributed by atoms with van der Waals surface area (Å²) in [5, 5.41) is 0. The van der Waals surface area contributed by atoms with E-state index in [1.165, 1.54) is 10.1 Å². The van der Waals surface area contributed by atoms with Crippen molar-refractivity contribution in [3.8, 4) is 0 Å². The topological polar surface area (TPSA) is 61.8 Å². The number of nitrogens with zero attached hydrogens (tertiary/aromatic N) is 4. The number of aryl methyl sites for hydroxylation is 3. The Morgan fingerprint density at radius 1 is 0.917 bits per heavy atom. The highest BCUT2D eigenvalue weighted by atomic mass is 16.2. The van der Waals surface area contributed by atoms with Gasteiger partial charge in [-0.25, -0.2) is 9.78 Å². The Morgan fingerprint density at radius 3 is 2.14 bits per heavy atom. The van der Waals surface area contributed by atoms with Crippen molar-refractivity contribution in [2.75, 3.05) is 0 Å². The van der Waals surface area contributed by atoms with Gasteiger partial charge in [-0.15, -0.1) is 0 Å². The molecule has 6 heteroatoms. The average molecular weight is 487 g/mol. The zero-order chi connectivity index (χ0) is 26.2. The van der Waals surface area contributed by atoms with Crippen LogP contribution in [0.1, 0.15) is 68.9 Å². The van der Waals surface area contributed by atoms with Crippen LogP contribution in [-0.2, 0) is 25.0 Å². The Kier molecular flexibility index (Phi) is 7.07. The Labute approximate surface area is 213 Å². The number of aromatic nitrogens is 4. The summed E-state index contributed by atoms with van der Waals surface area (Å²) in [6.45, 7) is 16.3. The second-order valence-electron chi connectivity index (χ2n) is 11.4. The number of rotatable bonds is 7. The van der Waals surface area contributed by atoms with Gasteiger partial charge in [-0.05, 0) is 59.4 Å². The summed E-state index contributed by atoms with van der Waals surface area (Å²) in [5.74, 6) is 0.492. The fraction of sp³-hybridized carbons (Fsp3) is 0.433. The van der Waals surface area contributed by atoms with Gasteiger partial charge >= 0.3 is 5.69 Å². The lowest BCUT2D eigenvalue weighted by atomic mass is 9.84. The van der Waals surface area contributed by atoms with Crippen molar-refractivity contribution < 1.29 is 0 Å². The molecule has 0 unspecified atom stereocenters. The first-order chi connectivity index (χ1) is 17.0. The molecule has 2 heterocycles. The number of fused-ring (bicyclic) bond motifs is 1. The summed E-state index contributed by atoms with van der Waals surface area (Å²) in [6.07, 6.45) is 2.63. The molecule has 0 saturated heterocycles. The van der Waals surface area contributed by atoms with E-state index in [2.05, 4.69) is 65.6 Å². The molecule has 0 bridgehead atoms. The molecule has 0 spiro atoms. The number of benzene rings is 2. The zero-order valence-corrected chi connectivity index (χ0v) is 22.6. The number of imidazole rings is 1. The van der Waals surface area contributed by atoms with Gasteiger partial charge in [0.15, 0.2) is 11.2 Å². The molecular weight excluding hydrogens is 448 g/mol. The highest BCUT2D eigenvalue weighted by Gasteiger charge is 2.21. The van der Waals surface area contributed by atoms with Gasteiger partial charge in [-0.3, -0.25) is 13.9 Å². The molecule has 36 heavy (non-hydrogen) atoms. The van der Waals surface area contributed by atoms with E-state index in [9.17, 15) is 9.59 Å². The van der Waals surface area contributed by atoms with Crippen molar-refractivity contribution in [2.24, 2.45) is 5.92 Å². The van der Waals surface area contributed by atoms with Crippen LogP contribution in [0, 0.1) is 19.8 Å². The third-order valence-electron chi connectivity index (χ3n) is 6.99. The maximum Gasteiger partial charge on any atom is 0.333 e.